The average molecular weight is 232 g/mol. The molecule has 1 aromatic rings. The molecule has 0 bridgehead atoms. The Morgan fingerprint density at radius 2 is 2.33 bits per heavy atom. The van der Waals surface area contributed by atoms with Crippen LogP contribution in [0.2, 0.25) is 5.28 Å². The Labute approximate surface area is 91.5 Å². The molecule has 4 nitrogen and oxygen atoms in total. The number of hydrogen-bond acceptors (Lipinski definition) is 4. The minimum atomic E-state index is -0.556. The minimum Gasteiger partial charge on any atom is -0.394 e. The molecule has 1 saturated carbocycles. The maximum Gasteiger partial charge on any atom is 0.224 e. The van der Waals surface area contributed by atoms with E-state index in [-0.39, 0.29) is 17.7 Å². The second-order valence-corrected chi connectivity index (χ2v) is 4.09. The van der Waals surface area contributed by atoms with Crippen molar-refractivity contribution >= 4 is 17.4 Å². The molecule has 0 aromatic carbocycles. The van der Waals surface area contributed by atoms with E-state index < -0.39 is 11.4 Å². The molecule has 1 aliphatic rings. The first kappa shape index (κ1) is 10.6. The Morgan fingerprint density at radius 3 is 2.87 bits per heavy atom. The van der Waals surface area contributed by atoms with E-state index in [0.717, 1.165) is 25.5 Å². The first-order valence-electron chi connectivity index (χ1n) is 4.72. The van der Waals surface area contributed by atoms with Gasteiger partial charge >= 0.3 is 0 Å². The van der Waals surface area contributed by atoms with Crippen molar-refractivity contribution in [1.82, 2.24) is 9.97 Å². The summed E-state index contributed by atoms with van der Waals surface area (Å²) in [6.07, 6.45) is 3.66. The van der Waals surface area contributed by atoms with Crippen LogP contribution < -0.4 is 5.32 Å². The van der Waals surface area contributed by atoms with Gasteiger partial charge in [0, 0.05) is 0 Å². The van der Waals surface area contributed by atoms with Gasteiger partial charge in [0.2, 0.25) is 5.28 Å². The summed E-state index contributed by atoms with van der Waals surface area (Å²) in [6, 6.07) is 0. The van der Waals surface area contributed by atoms with E-state index in [1.807, 2.05) is 0 Å². The molecule has 0 spiro atoms. The molecule has 0 unspecified atom stereocenters. The van der Waals surface area contributed by atoms with Crippen LogP contribution in [0.4, 0.5) is 10.2 Å². The van der Waals surface area contributed by atoms with Crippen molar-refractivity contribution in [3.8, 4) is 0 Å². The lowest BCUT2D eigenvalue weighted by Gasteiger charge is -2.41. The van der Waals surface area contributed by atoms with Gasteiger partial charge in [-0.2, -0.15) is 4.98 Å². The smallest absolute Gasteiger partial charge is 0.224 e. The van der Waals surface area contributed by atoms with Crippen molar-refractivity contribution in [2.24, 2.45) is 0 Å². The van der Waals surface area contributed by atoms with Crippen molar-refractivity contribution in [2.75, 3.05) is 11.9 Å². The number of anilines is 1. The van der Waals surface area contributed by atoms with E-state index in [0.29, 0.717) is 0 Å². The summed E-state index contributed by atoms with van der Waals surface area (Å²) < 4.78 is 13.3. The lowest BCUT2D eigenvalue weighted by molar-refractivity contribution is 0.143. The third kappa shape index (κ3) is 2.03. The summed E-state index contributed by atoms with van der Waals surface area (Å²) in [4.78, 5) is 7.26. The average Bonchev–Trinajstić information content (AvgIpc) is 2.17. The summed E-state index contributed by atoms with van der Waals surface area (Å²) >= 11 is 5.56. The Bertz CT molecular complexity index is 365. The van der Waals surface area contributed by atoms with Crippen LogP contribution in [0, 0.1) is 5.82 Å². The quantitative estimate of drug-likeness (QED) is 0.776. The summed E-state index contributed by atoms with van der Waals surface area (Å²) in [5.74, 6) is -0.497. The molecule has 15 heavy (non-hydrogen) atoms. The van der Waals surface area contributed by atoms with Gasteiger partial charge in [-0.25, -0.2) is 9.37 Å². The van der Waals surface area contributed by atoms with Gasteiger partial charge in [0.05, 0.1) is 18.3 Å². The number of halogens is 2. The highest BCUT2D eigenvalue weighted by atomic mass is 35.5. The van der Waals surface area contributed by atoms with Crippen LogP contribution in [0.25, 0.3) is 0 Å². The number of nitrogens with one attached hydrogen (secondary N) is 1. The van der Waals surface area contributed by atoms with Gasteiger partial charge < -0.3 is 10.4 Å². The fourth-order valence-corrected chi connectivity index (χ4v) is 1.74. The number of rotatable bonds is 3. The number of aromatic nitrogens is 2. The lowest BCUT2D eigenvalue weighted by atomic mass is 9.77. The molecule has 0 atom stereocenters. The second-order valence-electron chi connectivity index (χ2n) is 3.75. The summed E-state index contributed by atoms with van der Waals surface area (Å²) in [5, 5.41) is 12.1. The Kier molecular flexibility index (Phi) is 2.75. The van der Waals surface area contributed by atoms with Crippen LogP contribution in [0.15, 0.2) is 6.20 Å². The van der Waals surface area contributed by atoms with E-state index >= 15 is 0 Å². The summed E-state index contributed by atoms with van der Waals surface area (Å²) in [7, 11) is 0. The highest BCUT2D eigenvalue weighted by Crippen LogP contribution is 2.34. The Morgan fingerprint density at radius 1 is 1.60 bits per heavy atom. The van der Waals surface area contributed by atoms with Crippen LogP contribution in [0.5, 0.6) is 0 Å². The van der Waals surface area contributed by atoms with Crippen LogP contribution in [-0.2, 0) is 0 Å². The predicted octanol–water partition coefficient (Wildman–Crippen LogP) is 1.60. The highest BCUT2D eigenvalue weighted by Gasteiger charge is 2.37. The molecule has 6 heteroatoms. The van der Waals surface area contributed by atoms with Gasteiger partial charge in [0.25, 0.3) is 0 Å². The summed E-state index contributed by atoms with van der Waals surface area (Å²) in [6.45, 7) is -0.0337. The molecule has 0 saturated heterocycles. The molecule has 0 amide bonds. The van der Waals surface area contributed by atoms with Crippen LogP contribution in [0.1, 0.15) is 19.3 Å². The Hall–Kier alpha value is -0.940. The second kappa shape index (κ2) is 3.90. The SMILES string of the molecule is OCC1(Nc2nc(Cl)ncc2F)CCC1. The van der Waals surface area contributed by atoms with Crippen molar-refractivity contribution in [3.05, 3.63) is 17.3 Å². The van der Waals surface area contributed by atoms with Crippen molar-refractivity contribution in [2.45, 2.75) is 24.8 Å². The third-order valence-electron chi connectivity index (χ3n) is 2.71. The maximum absolute atomic E-state index is 13.3. The molecular weight excluding hydrogens is 221 g/mol. The fraction of sp³-hybridized carbons (Fsp3) is 0.556. The zero-order valence-electron chi connectivity index (χ0n) is 8.00. The molecule has 2 N–H and O–H groups in total. The van der Waals surface area contributed by atoms with Crippen molar-refractivity contribution < 1.29 is 9.50 Å². The maximum atomic E-state index is 13.3. The first-order valence-corrected chi connectivity index (χ1v) is 5.10. The number of hydrogen-bond donors (Lipinski definition) is 2. The molecule has 1 aromatic heterocycles. The Balaban J connectivity index is 2.19. The van der Waals surface area contributed by atoms with E-state index in [1.54, 1.807) is 0 Å². The van der Waals surface area contributed by atoms with Crippen LogP contribution in [0.3, 0.4) is 0 Å². The van der Waals surface area contributed by atoms with E-state index in [2.05, 4.69) is 15.3 Å². The minimum absolute atomic E-state index is 0.00804. The standard InChI is InChI=1S/C9H11ClFN3O/c10-8-12-4-6(11)7(13-8)14-9(5-15)2-1-3-9/h4,15H,1-3,5H2,(H,12,13,14). The third-order valence-corrected chi connectivity index (χ3v) is 2.89. The van der Waals surface area contributed by atoms with Gasteiger partial charge in [-0.15, -0.1) is 0 Å². The van der Waals surface area contributed by atoms with Gasteiger partial charge in [-0.05, 0) is 30.9 Å². The fourth-order valence-electron chi connectivity index (χ4n) is 1.61. The van der Waals surface area contributed by atoms with Crippen LogP contribution >= 0.6 is 11.6 Å². The summed E-state index contributed by atoms with van der Waals surface area (Å²) in [5.41, 5.74) is -0.432. The predicted molar refractivity (Wildman–Crippen MR) is 54.3 cm³/mol. The molecule has 1 aliphatic carbocycles. The van der Waals surface area contributed by atoms with Gasteiger partial charge in [-0.3, -0.25) is 0 Å². The van der Waals surface area contributed by atoms with Crippen LogP contribution in [-0.4, -0.2) is 27.2 Å². The molecule has 1 fully saturated rings. The van der Waals surface area contributed by atoms with E-state index in [4.69, 9.17) is 11.6 Å². The topological polar surface area (TPSA) is 58.0 Å². The monoisotopic (exact) mass is 231 g/mol. The van der Waals surface area contributed by atoms with Gasteiger partial charge in [0.15, 0.2) is 11.6 Å². The van der Waals surface area contributed by atoms with Crippen molar-refractivity contribution in [3.63, 3.8) is 0 Å². The molecule has 2 rings (SSSR count). The zero-order chi connectivity index (χ0) is 10.9. The molecule has 0 aliphatic heterocycles. The number of nitrogens with zero attached hydrogens (tertiary/aromatic N) is 2. The molecule has 82 valence electrons. The van der Waals surface area contributed by atoms with Crippen molar-refractivity contribution in [1.29, 1.82) is 0 Å². The van der Waals surface area contributed by atoms with Gasteiger partial charge in [-0.1, -0.05) is 0 Å². The first-order chi connectivity index (χ1) is 7.15. The zero-order valence-corrected chi connectivity index (χ0v) is 8.76. The molecular formula is C9H11ClFN3O. The molecule has 0 radical (unpaired) electrons. The number of aliphatic hydroxyl groups excluding tert-OH is 1. The normalized spacial score (nSPS) is 18.3. The highest BCUT2D eigenvalue weighted by molar-refractivity contribution is 6.28. The van der Waals surface area contributed by atoms with Gasteiger partial charge in [0.1, 0.15) is 0 Å². The largest absolute Gasteiger partial charge is 0.394 e. The number of aliphatic hydroxyl groups is 1. The van der Waals surface area contributed by atoms with E-state index in [9.17, 15) is 9.50 Å². The van der Waals surface area contributed by atoms with E-state index in [1.165, 1.54) is 0 Å². The molecule has 1 heterocycles. The lowest BCUT2D eigenvalue weighted by Crippen LogP contribution is -2.48.